The SMILES string of the molecule is CN(Cc1csc2ccccc12)C(=O)c1nccnc1N. The topological polar surface area (TPSA) is 72.1 Å². The lowest BCUT2D eigenvalue weighted by atomic mass is 10.1. The van der Waals surface area contributed by atoms with Crippen molar-refractivity contribution >= 4 is 33.1 Å². The van der Waals surface area contributed by atoms with Crippen molar-refractivity contribution < 1.29 is 4.79 Å². The summed E-state index contributed by atoms with van der Waals surface area (Å²) in [5.41, 5.74) is 7.02. The predicted octanol–water partition coefficient (Wildman–Crippen LogP) is 2.55. The summed E-state index contributed by atoms with van der Waals surface area (Å²) in [5.74, 6) is -0.0691. The molecule has 2 N–H and O–H groups in total. The van der Waals surface area contributed by atoms with Gasteiger partial charge >= 0.3 is 0 Å². The van der Waals surface area contributed by atoms with E-state index in [1.165, 1.54) is 22.5 Å². The van der Waals surface area contributed by atoms with Crippen LogP contribution in [0.4, 0.5) is 5.82 Å². The molecule has 0 atom stereocenters. The highest BCUT2D eigenvalue weighted by Crippen LogP contribution is 2.26. The first kappa shape index (κ1) is 13.5. The Morgan fingerprint density at radius 2 is 2.05 bits per heavy atom. The molecule has 106 valence electrons. The zero-order valence-electron chi connectivity index (χ0n) is 11.5. The summed E-state index contributed by atoms with van der Waals surface area (Å²) in [7, 11) is 1.74. The smallest absolute Gasteiger partial charge is 0.276 e. The van der Waals surface area contributed by atoms with Crippen LogP contribution in [0.15, 0.2) is 42.0 Å². The highest BCUT2D eigenvalue weighted by atomic mass is 32.1. The van der Waals surface area contributed by atoms with E-state index in [0.29, 0.717) is 6.54 Å². The van der Waals surface area contributed by atoms with Crippen LogP contribution in [0.5, 0.6) is 0 Å². The van der Waals surface area contributed by atoms with E-state index in [4.69, 9.17) is 5.73 Å². The van der Waals surface area contributed by atoms with Gasteiger partial charge < -0.3 is 10.6 Å². The molecule has 0 unspecified atom stereocenters. The number of thiophene rings is 1. The summed E-state index contributed by atoms with van der Waals surface area (Å²) in [5, 5.41) is 3.25. The minimum Gasteiger partial charge on any atom is -0.382 e. The van der Waals surface area contributed by atoms with Gasteiger partial charge in [0.25, 0.3) is 5.91 Å². The van der Waals surface area contributed by atoms with Gasteiger partial charge in [0, 0.05) is 30.7 Å². The van der Waals surface area contributed by atoms with Crippen molar-refractivity contribution in [1.82, 2.24) is 14.9 Å². The van der Waals surface area contributed by atoms with Crippen molar-refractivity contribution in [2.24, 2.45) is 0 Å². The standard InChI is InChI=1S/C15H14N4OS/c1-19(15(20)13-14(16)18-7-6-17-13)8-10-9-21-12-5-3-2-4-11(10)12/h2-7,9H,8H2,1H3,(H2,16,18). The Bertz CT molecular complexity index is 799. The second kappa shape index (κ2) is 5.49. The van der Waals surface area contributed by atoms with Gasteiger partial charge in [-0.2, -0.15) is 0 Å². The molecule has 0 aliphatic heterocycles. The second-order valence-corrected chi connectivity index (χ2v) is 5.62. The van der Waals surface area contributed by atoms with Crippen LogP contribution in [0.2, 0.25) is 0 Å². The van der Waals surface area contributed by atoms with Crippen LogP contribution in [0.1, 0.15) is 16.1 Å². The molecule has 2 heterocycles. The maximum Gasteiger partial charge on any atom is 0.276 e. The zero-order valence-corrected chi connectivity index (χ0v) is 12.3. The van der Waals surface area contributed by atoms with Crippen LogP contribution in [0.25, 0.3) is 10.1 Å². The first-order valence-electron chi connectivity index (χ1n) is 6.44. The lowest BCUT2D eigenvalue weighted by Gasteiger charge is -2.16. The average molecular weight is 298 g/mol. The van der Waals surface area contributed by atoms with Gasteiger partial charge in [0.1, 0.15) is 0 Å². The van der Waals surface area contributed by atoms with Crippen molar-refractivity contribution in [3.63, 3.8) is 0 Å². The summed E-state index contributed by atoms with van der Waals surface area (Å²) in [6, 6.07) is 8.15. The lowest BCUT2D eigenvalue weighted by Crippen LogP contribution is -2.28. The maximum absolute atomic E-state index is 12.4. The third kappa shape index (κ3) is 2.57. The molecule has 0 spiro atoms. The minimum absolute atomic E-state index is 0.157. The fraction of sp³-hybridized carbons (Fsp3) is 0.133. The van der Waals surface area contributed by atoms with Gasteiger partial charge in [0.15, 0.2) is 11.5 Å². The summed E-state index contributed by atoms with van der Waals surface area (Å²) in [6.45, 7) is 0.513. The molecule has 6 heteroatoms. The molecule has 3 aromatic rings. The average Bonchev–Trinajstić information content (AvgIpc) is 2.90. The number of amides is 1. The largest absolute Gasteiger partial charge is 0.382 e. The molecule has 0 aliphatic carbocycles. The molecule has 5 nitrogen and oxygen atoms in total. The number of benzene rings is 1. The Morgan fingerprint density at radius 3 is 2.86 bits per heavy atom. The predicted molar refractivity (Wildman–Crippen MR) is 84.1 cm³/mol. The monoisotopic (exact) mass is 298 g/mol. The second-order valence-electron chi connectivity index (χ2n) is 4.71. The fourth-order valence-electron chi connectivity index (χ4n) is 2.18. The van der Waals surface area contributed by atoms with Crippen LogP contribution in [0.3, 0.4) is 0 Å². The molecule has 2 aromatic heterocycles. The number of hydrogen-bond donors (Lipinski definition) is 1. The number of nitrogens with zero attached hydrogens (tertiary/aromatic N) is 3. The molecule has 3 rings (SSSR count). The molecule has 0 saturated heterocycles. The van der Waals surface area contributed by atoms with Crippen molar-refractivity contribution in [3.8, 4) is 0 Å². The number of carbonyl (C=O) groups is 1. The summed E-state index contributed by atoms with van der Waals surface area (Å²) in [6.07, 6.45) is 2.94. The Labute approximate surface area is 126 Å². The van der Waals surface area contributed by atoms with E-state index in [1.807, 2.05) is 12.1 Å². The number of fused-ring (bicyclic) bond motifs is 1. The Morgan fingerprint density at radius 1 is 1.29 bits per heavy atom. The number of anilines is 1. The Hall–Kier alpha value is -2.47. The van der Waals surface area contributed by atoms with E-state index in [9.17, 15) is 4.79 Å². The van der Waals surface area contributed by atoms with Crippen molar-refractivity contribution in [2.75, 3.05) is 12.8 Å². The van der Waals surface area contributed by atoms with Gasteiger partial charge in [0.2, 0.25) is 0 Å². The molecule has 1 aromatic carbocycles. The van der Waals surface area contributed by atoms with Gasteiger partial charge in [-0.3, -0.25) is 4.79 Å². The molecular formula is C15H14N4OS. The van der Waals surface area contributed by atoms with Gasteiger partial charge in [-0.15, -0.1) is 11.3 Å². The van der Waals surface area contributed by atoms with Crippen LogP contribution in [-0.4, -0.2) is 27.8 Å². The summed E-state index contributed by atoms with van der Waals surface area (Å²) in [4.78, 5) is 21.9. The number of nitrogens with two attached hydrogens (primary N) is 1. The van der Waals surface area contributed by atoms with Crippen molar-refractivity contribution in [2.45, 2.75) is 6.54 Å². The fourth-order valence-corrected chi connectivity index (χ4v) is 3.13. The molecule has 1 amide bonds. The van der Waals surface area contributed by atoms with Gasteiger partial charge in [0.05, 0.1) is 0 Å². The van der Waals surface area contributed by atoms with E-state index in [2.05, 4.69) is 27.5 Å². The first-order chi connectivity index (χ1) is 10.2. The van der Waals surface area contributed by atoms with E-state index in [-0.39, 0.29) is 17.4 Å². The van der Waals surface area contributed by atoms with Crippen molar-refractivity contribution in [3.05, 3.63) is 53.3 Å². The van der Waals surface area contributed by atoms with Crippen LogP contribution < -0.4 is 5.73 Å². The quantitative estimate of drug-likeness (QED) is 0.806. The normalized spacial score (nSPS) is 10.7. The third-order valence-corrected chi connectivity index (χ3v) is 4.26. The molecular weight excluding hydrogens is 284 g/mol. The number of hydrogen-bond acceptors (Lipinski definition) is 5. The first-order valence-corrected chi connectivity index (χ1v) is 7.32. The minimum atomic E-state index is -0.226. The van der Waals surface area contributed by atoms with E-state index >= 15 is 0 Å². The summed E-state index contributed by atoms with van der Waals surface area (Å²) >= 11 is 1.68. The number of aromatic nitrogens is 2. The molecule has 0 fully saturated rings. The number of rotatable bonds is 3. The molecule has 21 heavy (non-hydrogen) atoms. The van der Waals surface area contributed by atoms with Crippen LogP contribution in [-0.2, 0) is 6.54 Å². The highest BCUT2D eigenvalue weighted by Gasteiger charge is 2.18. The number of nitrogen functional groups attached to an aromatic ring is 1. The Kier molecular flexibility index (Phi) is 3.53. The number of carbonyl (C=O) groups excluding carboxylic acids is 1. The third-order valence-electron chi connectivity index (χ3n) is 3.24. The maximum atomic E-state index is 12.4. The Balaban J connectivity index is 1.85. The molecule has 0 aliphatic rings. The van der Waals surface area contributed by atoms with Crippen LogP contribution >= 0.6 is 11.3 Å². The van der Waals surface area contributed by atoms with Crippen LogP contribution in [0, 0.1) is 0 Å². The molecule has 0 radical (unpaired) electrons. The van der Waals surface area contributed by atoms with E-state index < -0.39 is 0 Å². The lowest BCUT2D eigenvalue weighted by molar-refractivity contribution is 0.0780. The molecule has 0 saturated carbocycles. The van der Waals surface area contributed by atoms with E-state index in [0.717, 1.165) is 5.56 Å². The van der Waals surface area contributed by atoms with Gasteiger partial charge in [-0.25, -0.2) is 9.97 Å². The molecule has 0 bridgehead atoms. The zero-order chi connectivity index (χ0) is 14.8. The summed E-state index contributed by atoms with van der Waals surface area (Å²) < 4.78 is 1.22. The highest BCUT2D eigenvalue weighted by molar-refractivity contribution is 7.17. The van der Waals surface area contributed by atoms with Crippen molar-refractivity contribution in [1.29, 1.82) is 0 Å². The van der Waals surface area contributed by atoms with E-state index in [1.54, 1.807) is 23.3 Å². The van der Waals surface area contributed by atoms with Gasteiger partial charge in [-0.05, 0) is 22.4 Å². The van der Waals surface area contributed by atoms with Gasteiger partial charge in [-0.1, -0.05) is 18.2 Å².